The second-order valence-corrected chi connectivity index (χ2v) is 5.98. The lowest BCUT2D eigenvalue weighted by atomic mass is 10.1. The Hall–Kier alpha value is -2.89. The van der Waals surface area contributed by atoms with E-state index in [0.29, 0.717) is 30.6 Å². The Kier molecular flexibility index (Phi) is 7.79. The topological polar surface area (TPSA) is 64.1 Å². The van der Waals surface area contributed by atoms with E-state index in [1.807, 2.05) is 51.1 Å². The highest BCUT2D eigenvalue weighted by atomic mass is 16.5. The first-order chi connectivity index (χ1) is 13.1. The van der Waals surface area contributed by atoms with Gasteiger partial charge in [-0.3, -0.25) is 0 Å². The summed E-state index contributed by atoms with van der Waals surface area (Å²) >= 11 is 0. The van der Waals surface area contributed by atoms with Gasteiger partial charge in [0.05, 0.1) is 27.4 Å². The largest absolute Gasteiger partial charge is 0.497 e. The first-order valence-corrected chi connectivity index (χ1v) is 9.10. The molecule has 0 bridgehead atoms. The van der Waals surface area contributed by atoms with Crippen LogP contribution in [0.5, 0.6) is 17.2 Å². The van der Waals surface area contributed by atoms with Crippen molar-refractivity contribution in [2.45, 2.75) is 27.3 Å². The second-order valence-electron chi connectivity index (χ2n) is 5.98. The number of guanidine groups is 1. The van der Waals surface area contributed by atoms with Crippen molar-refractivity contribution >= 4 is 11.6 Å². The SMILES string of the molecule is CCNC(=NCc1cc(C)cc(OC)c1)Nc1ccc(OC)c(OCC)c1. The fourth-order valence-corrected chi connectivity index (χ4v) is 2.67. The number of ether oxygens (including phenoxy) is 3. The van der Waals surface area contributed by atoms with Gasteiger partial charge in [-0.05, 0) is 56.2 Å². The van der Waals surface area contributed by atoms with Crippen molar-refractivity contribution in [3.63, 3.8) is 0 Å². The van der Waals surface area contributed by atoms with Gasteiger partial charge in [-0.25, -0.2) is 4.99 Å². The van der Waals surface area contributed by atoms with Crippen LogP contribution in [0.25, 0.3) is 0 Å². The Morgan fingerprint density at radius 2 is 1.81 bits per heavy atom. The van der Waals surface area contributed by atoms with Gasteiger partial charge in [0.25, 0.3) is 0 Å². The quantitative estimate of drug-likeness (QED) is 0.543. The van der Waals surface area contributed by atoms with Crippen molar-refractivity contribution in [1.29, 1.82) is 0 Å². The zero-order chi connectivity index (χ0) is 19.6. The fourth-order valence-electron chi connectivity index (χ4n) is 2.67. The number of benzene rings is 2. The van der Waals surface area contributed by atoms with Crippen LogP contribution < -0.4 is 24.8 Å². The zero-order valence-corrected chi connectivity index (χ0v) is 16.8. The van der Waals surface area contributed by atoms with Crippen LogP contribution in [0, 0.1) is 6.92 Å². The molecule has 146 valence electrons. The van der Waals surface area contributed by atoms with Crippen LogP contribution in [0.4, 0.5) is 5.69 Å². The zero-order valence-electron chi connectivity index (χ0n) is 16.8. The molecule has 6 heteroatoms. The smallest absolute Gasteiger partial charge is 0.196 e. The first kappa shape index (κ1) is 20.4. The van der Waals surface area contributed by atoms with E-state index in [2.05, 4.69) is 21.7 Å². The molecular formula is C21H29N3O3. The third kappa shape index (κ3) is 6.09. The van der Waals surface area contributed by atoms with Gasteiger partial charge < -0.3 is 24.8 Å². The minimum absolute atomic E-state index is 0.543. The lowest BCUT2D eigenvalue weighted by Crippen LogP contribution is -2.30. The molecule has 0 saturated heterocycles. The van der Waals surface area contributed by atoms with Gasteiger partial charge in [0.2, 0.25) is 0 Å². The monoisotopic (exact) mass is 371 g/mol. The summed E-state index contributed by atoms with van der Waals surface area (Å²) in [5.74, 6) is 2.95. The average Bonchev–Trinajstić information content (AvgIpc) is 2.66. The molecule has 0 unspecified atom stereocenters. The standard InChI is InChI=1S/C21H29N3O3/c1-6-22-21(23-14-16-10-15(3)11-18(12-16)25-4)24-17-8-9-19(26-5)20(13-17)27-7-2/h8-13H,6-7,14H2,1-5H3,(H2,22,23,24). The van der Waals surface area contributed by atoms with E-state index in [1.165, 1.54) is 0 Å². The summed E-state index contributed by atoms with van der Waals surface area (Å²) in [5.41, 5.74) is 3.11. The maximum absolute atomic E-state index is 5.64. The summed E-state index contributed by atoms with van der Waals surface area (Å²) in [6.07, 6.45) is 0. The maximum Gasteiger partial charge on any atom is 0.196 e. The van der Waals surface area contributed by atoms with Crippen molar-refractivity contribution in [1.82, 2.24) is 5.32 Å². The molecule has 0 amide bonds. The van der Waals surface area contributed by atoms with Crippen LogP contribution in [0.2, 0.25) is 0 Å². The first-order valence-electron chi connectivity index (χ1n) is 9.10. The van der Waals surface area contributed by atoms with Crippen LogP contribution in [0.1, 0.15) is 25.0 Å². The molecule has 2 N–H and O–H groups in total. The summed E-state index contributed by atoms with van der Waals surface area (Å²) in [6.45, 7) is 7.90. The molecule has 0 aliphatic rings. The number of rotatable bonds is 8. The second kappa shape index (κ2) is 10.3. The van der Waals surface area contributed by atoms with E-state index in [4.69, 9.17) is 14.2 Å². The van der Waals surface area contributed by atoms with Gasteiger partial charge in [0.15, 0.2) is 17.5 Å². The van der Waals surface area contributed by atoms with E-state index in [1.54, 1.807) is 14.2 Å². The molecule has 0 radical (unpaired) electrons. The number of aliphatic imine (C=N–C) groups is 1. The van der Waals surface area contributed by atoms with E-state index in [9.17, 15) is 0 Å². The molecule has 0 aliphatic carbocycles. The molecule has 0 aliphatic heterocycles. The third-order valence-corrected chi connectivity index (χ3v) is 3.84. The summed E-state index contributed by atoms with van der Waals surface area (Å²) in [6, 6.07) is 11.8. The highest BCUT2D eigenvalue weighted by molar-refractivity contribution is 5.93. The van der Waals surface area contributed by atoms with Crippen molar-refractivity contribution in [3.05, 3.63) is 47.5 Å². The lowest BCUT2D eigenvalue weighted by molar-refractivity contribution is 0.311. The Balaban J connectivity index is 2.18. The maximum atomic E-state index is 5.64. The van der Waals surface area contributed by atoms with Crippen LogP contribution in [0.3, 0.4) is 0 Å². The molecule has 0 spiro atoms. The summed E-state index contributed by atoms with van der Waals surface area (Å²) < 4.78 is 16.3. The highest BCUT2D eigenvalue weighted by Gasteiger charge is 2.07. The van der Waals surface area contributed by atoms with Gasteiger partial charge in [-0.1, -0.05) is 6.07 Å². The number of aryl methyl sites for hydroxylation is 1. The summed E-state index contributed by atoms with van der Waals surface area (Å²) in [7, 11) is 3.31. The van der Waals surface area contributed by atoms with Crippen LogP contribution in [-0.2, 0) is 6.54 Å². The van der Waals surface area contributed by atoms with Crippen molar-refractivity contribution < 1.29 is 14.2 Å². The highest BCUT2D eigenvalue weighted by Crippen LogP contribution is 2.30. The molecule has 0 saturated carbocycles. The predicted molar refractivity (Wildman–Crippen MR) is 110 cm³/mol. The van der Waals surface area contributed by atoms with Crippen LogP contribution in [-0.4, -0.2) is 33.3 Å². The van der Waals surface area contributed by atoms with E-state index in [-0.39, 0.29) is 0 Å². The Labute approximate surface area is 161 Å². The van der Waals surface area contributed by atoms with Crippen molar-refractivity contribution in [2.75, 3.05) is 32.7 Å². The number of hydrogen-bond acceptors (Lipinski definition) is 4. The number of nitrogens with one attached hydrogen (secondary N) is 2. The van der Waals surface area contributed by atoms with Crippen molar-refractivity contribution in [2.24, 2.45) is 4.99 Å². The van der Waals surface area contributed by atoms with Crippen LogP contribution >= 0.6 is 0 Å². The average molecular weight is 371 g/mol. The summed E-state index contributed by atoms with van der Waals surface area (Å²) in [5, 5.41) is 6.58. The molecule has 2 rings (SSSR count). The molecule has 6 nitrogen and oxygen atoms in total. The summed E-state index contributed by atoms with van der Waals surface area (Å²) in [4.78, 5) is 4.68. The molecule has 2 aromatic carbocycles. The normalized spacial score (nSPS) is 11.1. The number of methoxy groups -OCH3 is 2. The lowest BCUT2D eigenvalue weighted by Gasteiger charge is -2.14. The van der Waals surface area contributed by atoms with Crippen molar-refractivity contribution in [3.8, 4) is 17.2 Å². The minimum atomic E-state index is 0.543. The molecule has 0 aromatic heterocycles. The third-order valence-electron chi connectivity index (χ3n) is 3.84. The van der Waals surface area contributed by atoms with Gasteiger partial charge >= 0.3 is 0 Å². The fraction of sp³-hybridized carbons (Fsp3) is 0.381. The molecule has 0 heterocycles. The van der Waals surface area contributed by atoms with E-state index >= 15 is 0 Å². The molecule has 27 heavy (non-hydrogen) atoms. The molecular weight excluding hydrogens is 342 g/mol. The van der Waals surface area contributed by atoms with Gasteiger partial charge in [-0.2, -0.15) is 0 Å². The van der Waals surface area contributed by atoms with E-state index in [0.717, 1.165) is 29.1 Å². The minimum Gasteiger partial charge on any atom is -0.497 e. The predicted octanol–water partition coefficient (Wildman–Crippen LogP) is 3.99. The van der Waals surface area contributed by atoms with Gasteiger partial charge in [0.1, 0.15) is 5.75 Å². The van der Waals surface area contributed by atoms with Gasteiger partial charge in [0, 0.05) is 18.3 Å². The Bertz CT molecular complexity index is 775. The van der Waals surface area contributed by atoms with Gasteiger partial charge in [-0.15, -0.1) is 0 Å². The van der Waals surface area contributed by atoms with Crippen LogP contribution in [0.15, 0.2) is 41.4 Å². The number of hydrogen-bond donors (Lipinski definition) is 2. The number of nitrogens with zero attached hydrogens (tertiary/aromatic N) is 1. The molecule has 2 aromatic rings. The Morgan fingerprint density at radius 1 is 1.00 bits per heavy atom. The molecule has 0 fully saturated rings. The molecule has 0 atom stereocenters. The Morgan fingerprint density at radius 3 is 2.48 bits per heavy atom. The number of anilines is 1. The van der Waals surface area contributed by atoms with E-state index < -0.39 is 0 Å².